The molecule has 0 spiro atoms. The van der Waals surface area contributed by atoms with Crippen LogP contribution in [0.3, 0.4) is 0 Å². The lowest BCUT2D eigenvalue weighted by Crippen LogP contribution is -2.33. The molecule has 1 N–H and O–H groups in total. The summed E-state index contributed by atoms with van der Waals surface area (Å²) in [4.78, 5) is 66.4. The van der Waals surface area contributed by atoms with E-state index in [1.165, 1.54) is 28.8 Å². The normalized spacial score (nSPS) is 18.8. The molecule has 0 radical (unpaired) electrons. The van der Waals surface area contributed by atoms with Crippen molar-refractivity contribution < 1.29 is 19.3 Å². The first-order valence-corrected chi connectivity index (χ1v) is 16.3. The van der Waals surface area contributed by atoms with Crippen LogP contribution < -0.4 is 15.1 Å². The summed E-state index contributed by atoms with van der Waals surface area (Å²) in [5, 5.41) is 15.8. The quantitative estimate of drug-likeness (QED) is 0.119. The second-order valence-corrected chi connectivity index (χ2v) is 13.6. The first-order chi connectivity index (χ1) is 22.1. The highest BCUT2D eigenvalue weighted by Gasteiger charge is 2.57. The molecule has 5 aromatic rings. The highest BCUT2D eigenvalue weighted by atomic mass is 35.5. The fourth-order valence-electron chi connectivity index (χ4n) is 5.94. The molecule has 1 fully saturated rings. The van der Waals surface area contributed by atoms with Crippen molar-refractivity contribution in [3.8, 4) is 0 Å². The Morgan fingerprint density at radius 3 is 2.39 bits per heavy atom. The number of thioether (sulfide) groups is 1. The van der Waals surface area contributed by atoms with Gasteiger partial charge in [0.1, 0.15) is 11.8 Å². The SMILES string of the molecule is O=C(Cn1c2c(sc1=O)[C@@H](c1cccc(Cl)c1Cl)[C@@H]1C(=O)N(c3ccc([N+](=O)[O-])cc3)C(=O)[C@@H]1S2)Nc1ccc2ccccc2c1. The lowest BCUT2D eigenvalue weighted by Gasteiger charge is -2.31. The van der Waals surface area contributed by atoms with E-state index in [0.717, 1.165) is 38.8 Å². The average Bonchev–Trinajstić information content (AvgIpc) is 3.48. The maximum absolute atomic E-state index is 14.1. The molecule has 0 bridgehead atoms. The fraction of sp³-hybridized carbons (Fsp3) is 0.125. The summed E-state index contributed by atoms with van der Waals surface area (Å²) < 4.78 is 1.31. The average molecular weight is 692 g/mol. The van der Waals surface area contributed by atoms with E-state index in [2.05, 4.69) is 5.32 Å². The zero-order chi connectivity index (χ0) is 32.3. The minimum absolute atomic E-state index is 0.182. The maximum Gasteiger partial charge on any atom is 0.308 e. The Morgan fingerprint density at radius 2 is 1.65 bits per heavy atom. The number of nitrogens with zero attached hydrogens (tertiary/aromatic N) is 3. The van der Waals surface area contributed by atoms with Gasteiger partial charge in [0.25, 0.3) is 5.69 Å². The van der Waals surface area contributed by atoms with Crippen LogP contribution in [0.1, 0.15) is 16.4 Å². The molecule has 2 aliphatic heterocycles. The lowest BCUT2D eigenvalue weighted by molar-refractivity contribution is -0.384. The number of fused-ring (bicyclic) bond motifs is 3. The molecular weight excluding hydrogens is 671 g/mol. The van der Waals surface area contributed by atoms with Gasteiger partial charge in [-0.15, -0.1) is 0 Å². The van der Waals surface area contributed by atoms with E-state index < -0.39 is 44.6 Å². The van der Waals surface area contributed by atoms with Gasteiger partial charge in [-0.3, -0.25) is 33.9 Å². The first kappa shape index (κ1) is 30.2. The number of benzene rings is 4. The Morgan fingerprint density at radius 1 is 0.913 bits per heavy atom. The van der Waals surface area contributed by atoms with E-state index in [4.69, 9.17) is 23.2 Å². The van der Waals surface area contributed by atoms with Crippen molar-refractivity contribution in [2.24, 2.45) is 5.92 Å². The largest absolute Gasteiger partial charge is 0.325 e. The molecule has 10 nitrogen and oxygen atoms in total. The van der Waals surface area contributed by atoms with Gasteiger partial charge < -0.3 is 5.32 Å². The van der Waals surface area contributed by atoms with Gasteiger partial charge in [0, 0.05) is 28.6 Å². The molecule has 4 aromatic carbocycles. The Labute approximate surface area is 278 Å². The van der Waals surface area contributed by atoms with E-state index in [0.29, 0.717) is 21.2 Å². The number of amides is 3. The van der Waals surface area contributed by atoms with Crippen LogP contribution in [0.4, 0.5) is 17.1 Å². The van der Waals surface area contributed by atoms with Crippen LogP contribution >= 0.6 is 46.3 Å². The van der Waals surface area contributed by atoms with E-state index in [-0.39, 0.29) is 28.0 Å². The molecule has 1 saturated heterocycles. The molecule has 3 heterocycles. The molecule has 1 aromatic heterocycles. The highest BCUT2D eigenvalue weighted by molar-refractivity contribution is 8.00. The summed E-state index contributed by atoms with van der Waals surface area (Å²) in [6.07, 6.45) is 0. The molecule has 46 heavy (non-hydrogen) atoms. The minimum atomic E-state index is -0.973. The molecule has 3 amide bonds. The molecular formula is C32H20Cl2N4O6S2. The number of thiazole rings is 1. The molecule has 0 unspecified atom stereocenters. The summed E-state index contributed by atoms with van der Waals surface area (Å²) in [7, 11) is 0. The van der Waals surface area contributed by atoms with Crippen LogP contribution in [-0.4, -0.2) is 32.5 Å². The predicted octanol–water partition coefficient (Wildman–Crippen LogP) is 6.71. The number of nitrogens with one attached hydrogen (secondary N) is 1. The molecule has 230 valence electrons. The number of non-ortho nitro benzene ring substituents is 1. The Kier molecular flexibility index (Phi) is 7.68. The van der Waals surface area contributed by atoms with Crippen LogP contribution in [0.2, 0.25) is 10.0 Å². The van der Waals surface area contributed by atoms with Crippen molar-refractivity contribution in [2.75, 3.05) is 10.2 Å². The number of hydrogen-bond acceptors (Lipinski definition) is 8. The number of halogens is 2. The van der Waals surface area contributed by atoms with Crippen molar-refractivity contribution in [1.82, 2.24) is 4.57 Å². The number of nitro benzene ring substituents is 1. The van der Waals surface area contributed by atoms with Gasteiger partial charge in [-0.25, -0.2) is 4.90 Å². The van der Waals surface area contributed by atoms with Gasteiger partial charge in [-0.2, -0.15) is 0 Å². The van der Waals surface area contributed by atoms with Crippen LogP contribution in [0.15, 0.2) is 94.7 Å². The third kappa shape index (κ3) is 5.07. The first-order valence-electron chi connectivity index (χ1n) is 13.9. The Balaban J connectivity index is 1.27. The monoisotopic (exact) mass is 690 g/mol. The van der Waals surface area contributed by atoms with Crippen LogP contribution in [0.25, 0.3) is 10.8 Å². The van der Waals surface area contributed by atoms with Gasteiger partial charge >= 0.3 is 4.87 Å². The lowest BCUT2D eigenvalue weighted by atomic mass is 9.83. The van der Waals surface area contributed by atoms with Crippen molar-refractivity contribution in [1.29, 1.82) is 0 Å². The standard InChI is InChI=1S/C32H20Cl2N4O6S2/c33-22-7-3-6-21(26(22)34)24-25-27(30(41)37(29(25)40)19-10-12-20(13-11-19)38(43)44)45-31-28(24)46-32(42)36(31)15-23(39)35-18-9-8-16-4-1-2-5-17(16)14-18/h1-14,24-25,27H,15H2,(H,35,39)/t24-,25-,27+/m0/s1. The molecule has 3 atom stereocenters. The molecule has 7 rings (SSSR count). The smallest absolute Gasteiger partial charge is 0.308 e. The van der Waals surface area contributed by atoms with Crippen molar-refractivity contribution in [3.05, 3.63) is 125 Å². The number of carbonyl (C=O) groups is 3. The molecule has 0 aliphatic carbocycles. The number of aromatic nitrogens is 1. The van der Waals surface area contributed by atoms with Crippen LogP contribution in [-0.2, 0) is 20.9 Å². The topological polar surface area (TPSA) is 132 Å². The highest BCUT2D eigenvalue weighted by Crippen LogP contribution is 2.55. The number of nitro groups is 1. The van der Waals surface area contributed by atoms with E-state index in [1.54, 1.807) is 24.3 Å². The van der Waals surface area contributed by atoms with Gasteiger partial charge in [-0.1, -0.05) is 88.8 Å². The fourth-order valence-corrected chi connectivity index (χ4v) is 9.13. The summed E-state index contributed by atoms with van der Waals surface area (Å²) in [6.45, 7) is -0.327. The number of rotatable bonds is 6. The van der Waals surface area contributed by atoms with Gasteiger partial charge in [0.05, 0.1) is 31.6 Å². The summed E-state index contributed by atoms with van der Waals surface area (Å²) >= 11 is 15.0. The predicted molar refractivity (Wildman–Crippen MR) is 178 cm³/mol. The second kappa shape index (κ2) is 11.7. The second-order valence-electron chi connectivity index (χ2n) is 10.7. The summed E-state index contributed by atoms with van der Waals surface area (Å²) in [6, 6.07) is 23.3. The number of carbonyl (C=O) groups excluding carboxylic acids is 3. The van der Waals surface area contributed by atoms with E-state index >= 15 is 0 Å². The zero-order valence-corrected chi connectivity index (χ0v) is 26.5. The summed E-state index contributed by atoms with van der Waals surface area (Å²) in [5.41, 5.74) is 1.02. The zero-order valence-electron chi connectivity index (χ0n) is 23.4. The third-order valence-electron chi connectivity index (χ3n) is 8.02. The Bertz CT molecular complexity index is 2170. The third-order valence-corrected chi connectivity index (χ3v) is 11.5. The molecule has 2 aliphatic rings. The van der Waals surface area contributed by atoms with Crippen LogP contribution in [0, 0.1) is 16.0 Å². The van der Waals surface area contributed by atoms with E-state index in [1.807, 2.05) is 36.4 Å². The van der Waals surface area contributed by atoms with Crippen molar-refractivity contribution in [2.45, 2.75) is 22.7 Å². The Hall–Kier alpha value is -4.49. The number of anilines is 2. The minimum Gasteiger partial charge on any atom is -0.325 e. The van der Waals surface area contributed by atoms with Crippen molar-refractivity contribution >= 4 is 91.9 Å². The van der Waals surface area contributed by atoms with Crippen LogP contribution in [0.5, 0.6) is 0 Å². The summed E-state index contributed by atoms with van der Waals surface area (Å²) in [5.74, 6) is -3.32. The number of imide groups is 1. The van der Waals surface area contributed by atoms with E-state index in [9.17, 15) is 29.3 Å². The van der Waals surface area contributed by atoms with Gasteiger partial charge in [0.15, 0.2) is 0 Å². The molecule has 0 saturated carbocycles. The maximum atomic E-state index is 14.1. The van der Waals surface area contributed by atoms with Gasteiger partial charge in [-0.05, 0) is 46.7 Å². The number of hydrogen-bond donors (Lipinski definition) is 1. The van der Waals surface area contributed by atoms with Crippen molar-refractivity contribution in [3.63, 3.8) is 0 Å². The molecule has 14 heteroatoms. The van der Waals surface area contributed by atoms with Gasteiger partial charge in [0.2, 0.25) is 17.7 Å².